The smallest absolute Gasteiger partial charge is 0.289 e. The minimum absolute atomic E-state index is 0.0429. The van der Waals surface area contributed by atoms with Crippen LogP contribution in [0.25, 0.3) is 5.69 Å². The summed E-state index contributed by atoms with van der Waals surface area (Å²) in [5.74, 6) is 0.200. The third-order valence-electron chi connectivity index (χ3n) is 5.44. The van der Waals surface area contributed by atoms with Crippen LogP contribution in [0.4, 0.5) is 0 Å². The summed E-state index contributed by atoms with van der Waals surface area (Å²) in [6, 6.07) is 11.4. The number of hydrogen-bond donors (Lipinski definition) is 1. The molecule has 29 heavy (non-hydrogen) atoms. The molecular weight excluding hydrogens is 368 g/mol. The molecule has 1 fully saturated rings. The minimum Gasteiger partial charge on any atom is -0.459 e. The van der Waals surface area contributed by atoms with E-state index in [4.69, 9.17) is 4.42 Å². The van der Waals surface area contributed by atoms with Gasteiger partial charge >= 0.3 is 0 Å². The number of benzene rings is 1. The number of hydrogen-bond acceptors (Lipinski definition) is 4. The molecule has 2 amide bonds. The first-order valence-electron chi connectivity index (χ1n) is 9.83. The molecular formula is C22H24N4O3. The largest absolute Gasteiger partial charge is 0.459 e. The minimum atomic E-state index is -0.111. The predicted molar refractivity (Wildman–Crippen MR) is 107 cm³/mol. The Bertz CT molecular complexity index is 941. The van der Waals surface area contributed by atoms with Gasteiger partial charge in [0.2, 0.25) is 5.91 Å². The molecule has 0 bridgehead atoms. The Hall–Kier alpha value is -3.35. The molecule has 2 aromatic heterocycles. The number of imidazole rings is 1. The van der Waals surface area contributed by atoms with Crippen molar-refractivity contribution in [3.8, 4) is 5.69 Å². The van der Waals surface area contributed by atoms with Gasteiger partial charge in [-0.15, -0.1) is 0 Å². The fourth-order valence-electron chi connectivity index (χ4n) is 3.66. The molecule has 3 aromatic rings. The van der Waals surface area contributed by atoms with E-state index in [1.165, 1.54) is 6.26 Å². The zero-order chi connectivity index (χ0) is 20.2. The van der Waals surface area contributed by atoms with Gasteiger partial charge < -0.3 is 19.2 Å². The molecule has 1 aromatic carbocycles. The molecule has 1 aliphatic rings. The van der Waals surface area contributed by atoms with Crippen molar-refractivity contribution >= 4 is 11.8 Å². The topological polar surface area (TPSA) is 80.4 Å². The maximum Gasteiger partial charge on any atom is 0.289 e. The van der Waals surface area contributed by atoms with Gasteiger partial charge in [0.05, 0.1) is 18.6 Å². The molecule has 1 aliphatic heterocycles. The molecule has 4 rings (SSSR count). The lowest BCUT2D eigenvalue weighted by Crippen LogP contribution is -2.43. The van der Waals surface area contributed by atoms with Gasteiger partial charge in [0.15, 0.2) is 5.76 Å². The van der Waals surface area contributed by atoms with Gasteiger partial charge in [0.25, 0.3) is 5.91 Å². The molecule has 1 N–H and O–H groups in total. The fraction of sp³-hybridized carbons (Fsp3) is 0.318. The van der Waals surface area contributed by atoms with Crippen molar-refractivity contribution in [2.24, 2.45) is 5.92 Å². The van der Waals surface area contributed by atoms with Gasteiger partial charge in [-0.1, -0.05) is 12.1 Å². The normalized spacial score (nSPS) is 15.8. The molecule has 0 aliphatic carbocycles. The maximum atomic E-state index is 12.7. The van der Waals surface area contributed by atoms with Crippen molar-refractivity contribution < 1.29 is 14.0 Å². The monoisotopic (exact) mass is 392 g/mol. The third kappa shape index (κ3) is 4.23. The third-order valence-corrected chi connectivity index (χ3v) is 5.44. The Morgan fingerprint density at radius 2 is 1.93 bits per heavy atom. The first-order chi connectivity index (χ1) is 14.1. The Balaban J connectivity index is 1.30. The molecule has 1 atom stereocenters. The van der Waals surface area contributed by atoms with E-state index in [2.05, 4.69) is 10.3 Å². The predicted octanol–water partition coefficient (Wildman–Crippen LogP) is 3.19. The lowest BCUT2D eigenvalue weighted by molar-refractivity contribution is -0.127. The SMILES string of the molecule is C[C@@H](NC(=O)C1CCN(C(=O)c2ccco2)CC1)c1ccc(-n2ccnc2)cc1. The zero-order valence-electron chi connectivity index (χ0n) is 16.3. The summed E-state index contributed by atoms with van der Waals surface area (Å²) < 4.78 is 7.12. The van der Waals surface area contributed by atoms with E-state index < -0.39 is 0 Å². The van der Waals surface area contributed by atoms with E-state index in [0.29, 0.717) is 31.7 Å². The highest BCUT2D eigenvalue weighted by Crippen LogP contribution is 2.22. The van der Waals surface area contributed by atoms with Crippen molar-refractivity contribution in [1.82, 2.24) is 19.8 Å². The van der Waals surface area contributed by atoms with Crippen LogP contribution in [-0.4, -0.2) is 39.4 Å². The number of carbonyl (C=O) groups excluding carboxylic acids is 2. The Kier molecular flexibility index (Phi) is 5.46. The van der Waals surface area contributed by atoms with Gasteiger partial charge in [-0.05, 0) is 49.6 Å². The number of rotatable bonds is 5. The van der Waals surface area contributed by atoms with Gasteiger partial charge in [0.1, 0.15) is 0 Å². The standard InChI is InChI=1S/C22H24N4O3/c1-16(17-4-6-19(7-5-17)26-13-10-23-15-26)24-21(27)18-8-11-25(12-9-18)22(28)20-3-2-14-29-20/h2-7,10,13-16,18H,8-9,11-12H2,1H3,(H,24,27)/t16-/m1/s1. The van der Waals surface area contributed by atoms with Crippen molar-refractivity contribution in [2.75, 3.05) is 13.1 Å². The Labute approximate surface area is 169 Å². The van der Waals surface area contributed by atoms with Crippen LogP contribution in [0.3, 0.4) is 0 Å². The Morgan fingerprint density at radius 3 is 2.55 bits per heavy atom. The zero-order valence-corrected chi connectivity index (χ0v) is 16.3. The van der Waals surface area contributed by atoms with Gasteiger partial charge in [-0.3, -0.25) is 9.59 Å². The van der Waals surface area contributed by atoms with E-state index >= 15 is 0 Å². The quantitative estimate of drug-likeness (QED) is 0.723. The van der Waals surface area contributed by atoms with E-state index in [1.807, 2.05) is 42.0 Å². The van der Waals surface area contributed by atoms with E-state index in [0.717, 1.165) is 11.3 Å². The number of carbonyl (C=O) groups is 2. The average molecular weight is 392 g/mol. The molecule has 7 nitrogen and oxygen atoms in total. The molecule has 7 heteroatoms. The molecule has 0 radical (unpaired) electrons. The fourth-order valence-corrected chi connectivity index (χ4v) is 3.66. The molecule has 0 saturated carbocycles. The number of furan rings is 1. The first kappa shape index (κ1) is 19.0. The number of likely N-dealkylation sites (tertiary alicyclic amines) is 1. The number of aromatic nitrogens is 2. The second kappa shape index (κ2) is 8.34. The van der Waals surface area contributed by atoms with Crippen LogP contribution in [0.15, 0.2) is 65.8 Å². The maximum absolute atomic E-state index is 12.7. The molecule has 3 heterocycles. The number of piperidine rings is 1. The van der Waals surface area contributed by atoms with E-state index in [9.17, 15) is 9.59 Å². The van der Waals surface area contributed by atoms with Crippen molar-refractivity contribution in [3.63, 3.8) is 0 Å². The van der Waals surface area contributed by atoms with Crippen LogP contribution in [0.2, 0.25) is 0 Å². The molecule has 0 spiro atoms. The van der Waals surface area contributed by atoms with Gasteiger partial charge in [0, 0.05) is 37.1 Å². The Morgan fingerprint density at radius 1 is 1.17 bits per heavy atom. The lowest BCUT2D eigenvalue weighted by Gasteiger charge is -2.31. The van der Waals surface area contributed by atoms with Crippen molar-refractivity contribution in [2.45, 2.75) is 25.8 Å². The summed E-state index contributed by atoms with van der Waals surface area (Å²) in [6.45, 7) is 3.11. The number of amides is 2. The van der Waals surface area contributed by atoms with Crippen LogP contribution in [0.5, 0.6) is 0 Å². The summed E-state index contributed by atoms with van der Waals surface area (Å²) >= 11 is 0. The van der Waals surface area contributed by atoms with Crippen molar-refractivity contribution in [1.29, 1.82) is 0 Å². The van der Waals surface area contributed by atoms with E-state index in [-0.39, 0.29) is 23.8 Å². The average Bonchev–Trinajstić information content (AvgIpc) is 3.47. The number of nitrogens with zero attached hydrogens (tertiary/aromatic N) is 3. The summed E-state index contributed by atoms with van der Waals surface area (Å²) in [5.41, 5.74) is 2.08. The summed E-state index contributed by atoms with van der Waals surface area (Å²) in [5, 5.41) is 3.11. The highest BCUT2D eigenvalue weighted by molar-refractivity contribution is 5.91. The van der Waals surface area contributed by atoms with Crippen LogP contribution in [0.1, 0.15) is 41.9 Å². The second-order valence-electron chi connectivity index (χ2n) is 7.34. The first-order valence-corrected chi connectivity index (χ1v) is 9.83. The highest BCUT2D eigenvalue weighted by Gasteiger charge is 2.29. The van der Waals surface area contributed by atoms with Crippen LogP contribution < -0.4 is 5.32 Å². The van der Waals surface area contributed by atoms with E-state index in [1.54, 1.807) is 29.6 Å². The van der Waals surface area contributed by atoms with Crippen molar-refractivity contribution in [3.05, 3.63) is 72.7 Å². The van der Waals surface area contributed by atoms with Crippen LogP contribution >= 0.6 is 0 Å². The highest BCUT2D eigenvalue weighted by atomic mass is 16.3. The lowest BCUT2D eigenvalue weighted by atomic mass is 9.95. The van der Waals surface area contributed by atoms with Crippen LogP contribution in [-0.2, 0) is 4.79 Å². The van der Waals surface area contributed by atoms with Gasteiger partial charge in [-0.25, -0.2) is 4.98 Å². The summed E-state index contributed by atoms with van der Waals surface area (Å²) in [7, 11) is 0. The van der Waals surface area contributed by atoms with Gasteiger partial charge in [-0.2, -0.15) is 0 Å². The summed E-state index contributed by atoms with van der Waals surface area (Å²) in [4.78, 5) is 30.8. The number of nitrogens with one attached hydrogen (secondary N) is 1. The van der Waals surface area contributed by atoms with Crippen LogP contribution in [0, 0.1) is 5.92 Å². The molecule has 0 unspecified atom stereocenters. The second-order valence-corrected chi connectivity index (χ2v) is 7.34. The summed E-state index contributed by atoms with van der Waals surface area (Å²) in [6.07, 6.45) is 8.20. The molecule has 1 saturated heterocycles. The molecule has 150 valence electrons.